The molecule has 0 aliphatic rings. The molecule has 0 saturated carbocycles. The lowest BCUT2D eigenvalue weighted by Crippen LogP contribution is -2.05. The zero-order chi connectivity index (χ0) is 15.9. The lowest BCUT2D eigenvalue weighted by atomic mass is 10.2. The van der Waals surface area contributed by atoms with E-state index in [0.717, 1.165) is 16.9 Å². The average molecular weight is 304 g/mol. The smallest absolute Gasteiger partial charge is 0.251 e. The number of hydrogen-bond donors (Lipinski definition) is 1. The fourth-order valence-electron chi connectivity index (χ4n) is 2.06. The molecule has 0 atom stereocenters. The van der Waals surface area contributed by atoms with Crippen LogP contribution in [-0.4, -0.2) is 9.97 Å². The summed E-state index contributed by atoms with van der Waals surface area (Å²) in [5.74, 6) is 1.35. The maximum Gasteiger partial charge on any atom is 0.251 e. The Balaban J connectivity index is 1.62. The van der Waals surface area contributed by atoms with Gasteiger partial charge in [0.1, 0.15) is 18.2 Å². The molecular formula is C19H16N2O2. The fourth-order valence-corrected chi connectivity index (χ4v) is 2.06. The van der Waals surface area contributed by atoms with Crippen molar-refractivity contribution in [3.8, 4) is 5.75 Å². The Morgan fingerprint density at radius 1 is 0.957 bits per heavy atom. The fraction of sp³-hybridized carbons (Fsp3) is 0.0526. The van der Waals surface area contributed by atoms with Crippen molar-refractivity contribution >= 4 is 12.2 Å². The van der Waals surface area contributed by atoms with Gasteiger partial charge in [-0.15, -0.1) is 0 Å². The highest BCUT2D eigenvalue weighted by Crippen LogP contribution is 2.15. The van der Waals surface area contributed by atoms with E-state index in [1.165, 1.54) is 12.3 Å². The molecule has 3 rings (SSSR count). The van der Waals surface area contributed by atoms with Gasteiger partial charge in [0.05, 0.1) is 0 Å². The van der Waals surface area contributed by atoms with E-state index in [1.54, 1.807) is 6.08 Å². The van der Waals surface area contributed by atoms with E-state index in [2.05, 4.69) is 9.97 Å². The van der Waals surface area contributed by atoms with Crippen LogP contribution in [0.15, 0.2) is 71.7 Å². The van der Waals surface area contributed by atoms with Crippen LogP contribution in [0.3, 0.4) is 0 Å². The molecule has 114 valence electrons. The quantitative estimate of drug-likeness (QED) is 0.784. The molecule has 3 aromatic rings. The number of aromatic amines is 1. The Kier molecular flexibility index (Phi) is 4.64. The first-order chi connectivity index (χ1) is 11.3. The average Bonchev–Trinajstić information content (AvgIpc) is 2.60. The van der Waals surface area contributed by atoms with Gasteiger partial charge < -0.3 is 9.72 Å². The summed E-state index contributed by atoms with van der Waals surface area (Å²) in [5, 5.41) is 0. The minimum absolute atomic E-state index is 0.163. The third-order valence-electron chi connectivity index (χ3n) is 3.25. The van der Waals surface area contributed by atoms with E-state index in [9.17, 15) is 4.79 Å². The summed E-state index contributed by atoms with van der Waals surface area (Å²) in [6, 6.07) is 19.2. The van der Waals surface area contributed by atoms with Gasteiger partial charge in [-0.2, -0.15) is 0 Å². The molecule has 4 heteroatoms. The number of rotatable bonds is 5. The SMILES string of the molecule is O=c1ccnc(/C=C/c2ccc(OCc3ccccc3)cc2)[nH]1. The summed E-state index contributed by atoms with van der Waals surface area (Å²) >= 11 is 0. The lowest BCUT2D eigenvalue weighted by Gasteiger charge is -2.06. The third-order valence-corrected chi connectivity index (χ3v) is 3.25. The van der Waals surface area contributed by atoms with Gasteiger partial charge in [-0.25, -0.2) is 4.98 Å². The van der Waals surface area contributed by atoms with Crippen LogP contribution in [0.2, 0.25) is 0 Å². The van der Waals surface area contributed by atoms with Crippen LogP contribution < -0.4 is 10.3 Å². The van der Waals surface area contributed by atoms with Gasteiger partial charge in [-0.1, -0.05) is 48.5 Å². The third kappa shape index (κ3) is 4.41. The molecule has 0 aliphatic carbocycles. The largest absolute Gasteiger partial charge is 0.489 e. The van der Waals surface area contributed by atoms with E-state index in [0.29, 0.717) is 12.4 Å². The van der Waals surface area contributed by atoms with Crippen LogP contribution >= 0.6 is 0 Å². The van der Waals surface area contributed by atoms with Gasteiger partial charge in [0.2, 0.25) is 0 Å². The summed E-state index contributed by atoms with van der Waals surface area (Å²) in [6.07, 6.45) is 5.14. The molecule has 4 nitrogen and oxygen atoms in total. The van der Waals surface area contributed by atoms with E-state index < -0.39 is 0 Å². The molecule has 2 aromatic carbocycles. The highest BCUT2D eigenvalue weighted by Gasteiger charge is 1.96. The van der Waals surface area contributed by atoms with Crippen molar-refractivity contribution in [2.24, 2.45) is 0 Å². The molecule has 0 spiro atoms. The highest BCUT2D eigenvalue weighted by atomic mass is 16.5. The maximum absolute atomic E-state index is 11.2. The van der Waals surface area contributed by atoms with Gasteiger partial charge >= 0.3 is 0 Å². The molecule has 0 unspecified atom stereocenters. The van der Waals surface area contributed by atoms with Crippen molar-refractivity contribution in [3.05, 3.63) is 94.2 Å². The molecular weight excluding hydrogens is 288 g/mol. The molecule has 0 radical (unpaired) electrons. The molecule has 0 aliphatic heterocycles. The standard InChI is InChI=1S/C19H16N2O2/c22-19-12-13-20-18(21-19)11-8-15-6-9-17(10-7-15)23-14-16-4-2-1-3-5-16/h1-13H,14H2,(H,20,21,22)/b11-8+. The Labute approximate surface area is 134 Å². The normalized spacial score (nSPS) is 10.8. The number of nitrogens with one attached hydrogen (secondary N) is 1. The number of ether oxygens (including phenoxy) is 1. The second-order valence-corrected chi connectivity index (χ2v) is 5.00. The summed E-state index contributed by atoms with van der Waals surface area (Å²) in [7, 11) is 0. The van der Waals surface area contributed by atoms with Gasteiger partial charge in [-0.05, 0) is 29.3 Å². The molecule has 1 N–H and O–H groups in total. The van der Waals surface area contributed by atoms with Crippen LogP contribution in [-0.2, 0) is 6.61 Å². The number of nitrogens with zero attached hydrogens (tertiary/aromatic N) is 1. The van der Waals surface area contributed by atoms with Crippen molar-refractivity contribution in [2.75, 3.05) is 0 Å². The Morgan fingerprint density at radius 2 is 1.74 bits per heavy atom. The second-order valence-electron chi connectivity index (χ2n) is 5.00. The molecule has 1 aromatic heterocycles. The first kappa shape index (κ1) is 14.8. The van der Waals surface area contributed by atoms with Crippen molar-refractivity contribution in [1.29, 1.82) is 0 Å². The van der Waals surface area contributed by atoms with E-state index >= 15 is 0 Å². The second kappa shape index (κ2) is 7.22. The number of benzene rings is 2. The van der Waals surface area contributed by atoms with Crippen molar-refractivity contribution < 1.29 is 4.74 Å². The van der Waals surface area contributed by atoms with Crippen LogP contribution in [0.5, 0.6) is 5.75 Å². The predicted octanol–water partition coefficient (Wildman–Crippen LogP) is 3.52. The van der Waals surface area contributed by atoms with Crippen molar-refractivity contribution in [3.63, 3.8) is 0 Å². The molecule has 0 fully saturated rings. The molecule has 1 heterocycles. The predicted molar refractivity (Wildman–Crippen MR) is 91.0 cm³/mol. The first-order valence-corrected chi connectivity index (χ1v) is 7.30. The maximum atomic E-state index is 11.2. The lowest BCUT2D eigenvalue weighted by molar-refractivity contribution is 0.306. The molecule has 0 amide bonds. The van der Waals surface area contributed by atoms with Crippen LogP contribution in [0, 0.1) is 0 Å². The summed E-state index contributed by atoms with van der Waals surface area (Å²) in [6.45, 7) is 0.547. The Bertz CT molecular complexity index is 837. The Hall–Kier alpha value is -3.14. The zero-order valence-electron chi connectivity index (χ0n) is 12.5. The number of aromatic nitrogens is 2. The minimum Gasteiger partial charge on any atom is -0.489 e. The van der Waals surface area contributed by atoms with Crippen molar-refractivity contribution in [2.45, 2.75) is 6.61 Å². The van der Waals surface area contributed by atoms with Gasteiger partial charge in [-0.3, -0.25) is 4.79 Å². The van der Waals surface area contributed by atoms with Crippen LogP contribution in [0.4, 0.5) is 0 Å². The monoisotopic (exact) mass is 304 g/mol. The van der Waals surface area contributed by atoms with E-state index in [4.69, 9.17) is 4.74 Å². The minimum atomic E-state index is -0.163. The number of H-pyrrole nitrogens is 1. The van der Waals surface area contributed by atoms with Crippen LogP contribution in [0.25, 0.3) is 12.2 Å². The van der Waals surface area contributed by atoms with E-state index in [1.807, 2.05) is 60.7 Å². The van der Waals surface area contributed by atoms with Crippen molar-refractivity contribution in [1.82, 2.24) is 9.97 Å². The van der Waals surface area contributed by atoms with Gasteiger partial charge in [0.25, 0.3) is 5.56 Å². The molecule has 0 saturated heterocycles. The highest BCUT2D eigenvalue weighted by molar-refractivity contribution is 5.66. The van der Waals surface area contributed by atoms with E-state index in [-0.39, 0.29) is 5.56 Å². The summed E-state index contributed by atoms with van der Waals surface area (Å²) in [5.41, 5.74) is 1.98. The van der Waals surface area contributed by atoms with Gasteiger partial charge in [0.15, 0.2) is 0 Å². The number of hydrogen-bond acceptors (Lipinski definition) is 3. The summed E-state index contributed by atoms with van der Waals surface area (Å²) < 4.78 is 5.74. The molecule has 23 heavy (non-hydrogen) atoms. The first-order valence-electron chi connectivity index (χ1n) is 7.30. The zero-order valence-corrected chi connectivity index (χ0v) is 12.5. The molecule has 0 bridgehead atoms. The van der Waals surface area contributed by atoms with Crippen LogP contribution in [0.1, 0.15) is 17.0 Å². The topological polar surface area (TPSA) is 55.0 Å². The summed E-state index contributed by atoms with van der Waals surface area (Å²) in [4.78, 5) is 17.9. The van der Waals surface area contributed by atoms with Gasteiger partial charge in [0, 0.05) is 12.3 Å². The Morgan fingerprint density at radius 3 is 2.48 bits per heavy atom.